The maximum absolute atomic E-state index is 16.3. The van der Waals surface area contributed by atoms with E-state index >= 15 is 4.57 Å². The average Bonchev–Trinajstić information content (AvgIpc) is 3.59. The number of hydrogen-bond acceptors (Lipinski definition) is 9. The predicted octanol–water partition coefficient (Wildman–Crippen LogP) is 15.6. The molecule has 386 valence electrons. The Morgan fingerprint density at radius 2 is 0.571 bits per heavy atom. The van der Waals surface area contributed by atoms with Crippen LogP contribution in [0.4, 0.5) is 0 Å². The summed E-state index contributed by atoms with van der Waals surface area (Å²) >= 11 is 0. The Kier molecular flexibility index (Phi) is 16.3. The molecule has 0 bridgehead atoms. The van der Waals surface area contributed by atoms with E-state index in [0.29, 0.717) is 22.3 Å². The molecule has 4 aromatic rings. The van der Waals surface area contributed by atoms with E-state index < -0.39 is 37.0 Å². The first-order chi connectivity index (χ1) is 32.6. The van der Waals surface area contributed by atoms with Gasteiger partial charge in [-0.3, -0.25) is 9.05 Å². The van der Waals surface area contributed by atoms with Crippen LogP contribution >= 0.6 is 7.82 Å². The van der Waals surface area contributed by atoms with E-state index in [0.717, 1.165) is 67.5 Å². The Balaban J connectivity index is 1.98. The van der Waals surface area contributed by atoms with E-state index in [1.807, 2.05) is 13.8 Å². The standard InChI is InChI=1S/C59H85O10P/c1-31(2)43-23-39(24-44(32(3)4)51(43)62-19)58(40-25-45(33(5)6)52(63-20)46(26-40)34(7)8)55-56(67-57(17,18)66-55)59(69-70(60,61)68-58,41-27-47(35(9)10)53(64-21)48(28-41)36(11)12)42-29-49(37(13)14)54(65-22)50(30-42)38(15)16/h23-38,55-56H,1-22H3,(H,60,61)/t55-,56-/m0/s1. The topological polar surface area (TPSA) is 111 Å². The number of phosphoric acid groups is 1. The van der Waals surface area contributed by atoms with Gasteiger partial charge in [-0.1, -0.05) is 111 Å². The smallest absolute Gasteiger partial charge is 0.474 e. The van der Waals surface area contributed by atoms with Crippen molar-refractivity contribution < 1.29 is 46.9 Å². The van der Waals surface area contributed by atoms with Gasteiger partial charge in [0.05, 0.1) is 28.4 Å². The number of hydrogen-bond donors (Lipinski definition) is 1. The quantitative estimate of drug-likeness (QED) is 0.109. The van der Waals surface area contributed by atoms with Gasteiger partial charge in [0.2, 0.25) is 0 Å². The van der Waals surface area contributed by atoms with Gasteiger partial charge in [-0.15, -0.1) is 0 Å². The average molecular weight is 985 g/mol. The molecule has 2 aliphatic heterocycles. The Hall–Kier alpha value is -3.89. The molecule has 0 amide bonds. The third-order valence-electron chi connectivity index (χ3n) is 14.5. The second kappa shape index (κ2) is 20.6. The molecule has 0 aliphatic carbocycles. The van der Waals surface area contributed by atoms with Gasteiger partial charge < -0.3 is 33.3 Å². The molecule has 2 aliphatic rings. The first kappa shape index (κ1) is 55.4. The van der Waals surface area contributed by atoms with Crippen molar-refractivity contribution >= 4 is 7.82 Å². The lowest BCUT2D eigenvalue weighted by molar-refractivity contribution is -0.178. The van der Waals surface area contributed by atoms with Crippen molar-refractivity contribution in [2.75, 3.05) is 28.4 Å². The largest absolute Gasteiger partial charge is 0.496 e. The second-order valence-corrected chi connectivity index (χ2v) is 23.9. The van der Waals surface area contributed by atoms with Gasteiger partial charge in [0.15, 0.2) is 17.0 Å². The fourth-order valence-corrected chi connectivity index (χ4v) is 12.4. The minimum Gasteiger partial charge on any atom is -0.496 e. The van der Waals surface area contributed by atoms with Crippen LogP contribution in [0, 0.1) is 0 Å². The highest BCUT2D eigenvalue weighted by molar-refractivity contribution is 7.47. The second-order valence-electron chi connectivity index (χ2n) is 22.6. The van der Waals surface area contributed by atoms with Crippen molar-refractivity contribution in [3.05, 3.63) is 115 Å². The van der Waals surface area contributed by atoms with Gasteiger partial charge in [-0.2, -0.15) is 0 Å². The molecule has 0 radical (unpaired) electrons. The molecule has 11 heteroatoms. The van der Waals surface area contributed by atoms with Crippen LogP contribution in [0.1, 0.15) is 239 Å². The fourth-order valence-electron chi connectivity index (χ4n) is 11.0. The van der Waals surface area contributed by atoms with Crippen LogP contribution < -0.4 is 18.9 Å². The van der Waals surface area contributed by atoms with Crippen molar-refractivity contribution in [1.82, 2.24) is 0 Å². The summed E-state index contributed by atoms with van der Waals surface area (Å²) in [7, 11) is 1.50. The number of rotatable bonds is 16. The third-order valence-corrected chi connectivity index (χ3v) is 15.5. The van der Waals surface area contributed by atoms with Gasteiger partial charge >= 0.3 is 7.82 Å². The van der Waals surface area contributed by atoms with Crippen LogP contribution in [0.15, 0.2) is 48.5 Å². The molecule has 0 unspecified atom stereocenters. The normalized spacial score (nSPS) is 19.5. The summed E-state index contributed by atoms with van der Waals surface area (Å²) in [6.07, 6.45) is -2.29. The predicted molar refractivity (Wildman–Crippen MR) is 282 cm³/mol. The van der Waals surface area contributed by atoms with E-state index in [2.05, 4.69) is 159 Å². The number of benzene rings is 4. The molecule has 6 rings (SSSR count). The molecule has 2 fully saturated rings. The van der Waals surface area contributed by atoms with Crippen LogP contribution in [0.2, 0.25) is 0 Å². The van der Waals surface area contributed by atoms with Crippen LogP contribution in [0.5, 0.6) is 23.0 Å². The monoisotopic (exact) mass is 985 g/mol. The van der Waals surface area contributed by atoms with Gasteiger partial charge in [0.25, 0.3) is 0 Å². The lowest BCUT2D eigenvalue weighted by Gasteiger charge is -2.43. The highest BCUT2D eigenvalue weighted by Gasteiger charge is 2.69. The lowest BCUT2D eigenvalue weighted by Crippen LogP contribution is -2.54. The third kappa shape index (κ3) is 9.72. The summed E-state index contributed by atoms with van der Waals surface area (Å²) in [5.74, 6) is 1.65. The zero-order valence-corrected chi connectivity index (χ0v) is 47.4. The SMILES string of the molecule is COc1c(C(C)C)cc(C2(c3cc(C(C)C)c(OC)c(C(C)C)c3)OP(=O)(O)OC(c3cc(C(C)C)c(OC)c(C(C)C)c3)(c3cc(C(C)C)c(OC)c(C(C)C)c3)[C@H]3OC(C)(C)O[C@@H]32)cc1C(C)C. The zero-order valence-electron chi connectivity index (χ0n) is 46.5. The molecule has 0 aromatic heterocycles. The minimum atomic E-state index is -5.30. The molecule has 2 atom stereocenters. The molecule has 0 spiro atoms. The van der Waals surface area contributed by atoms with E-state index in [1.54, 1.807) is 28.4 Å². The van der Waals surface area contributed by atoms with Gasteiger partial charge in [-0.25, -0.2) is 4.57 Å². The first-order valence-electron chi connectivity index (χ1n) is 25.6. The van der Waals surface area contributed by atoms with Gasteiger partial charge in [0, 0.05) is 0 Å². The zero-order chi connectivity index (χ0) is 52.3. The van der Waals surface area contributed by atoms with E-state index in [4.69, 9.17) is 37.5 Å². The summed E-state index contributed by atoms with van der Waals surface area (Å²) in [5, 5.41) is 0. The van der Waals surface area contributed by atoms with Crippen LogP contribution in [-0.4, -0.2) is 51.3 Å². The van der Waals surface area contributed by atoms with Gasteiger partial charge in [0.1, 0.15) is 35.2 Å². The Labute approximate surface area is 421 Å². The van der Waals surface area contributed by atoms with Crippen molar-refractivity contribution in [1.29, 1.82) is 0 Å². The van der Waals surface area contributed by atoms with Crippen molar-refractivity contribution in [2.45, 2.75) is 201 Å². The molecular formula is C59H85O10P. The van der Waals surface area contributed by atoms with Crippen molar-refractivity contribution in [3.63, 3.8) is 0 Å². The summed E-state index contributed by atoms with van der Waals surface area (Å²) < 4.78 is 70.9. The number of fused-ring (bicyclic) bond motifs is 1. The maximum atomic E-state index is 16.3. The molecule has 10 nitrogen and oxygen atoms in total. The molecule has 1 N–H and O–H groups in total. The lowest BCUT2D eigenvalue weighted by atomic mass is 9.69. The van der Waals surface area contributed by atoms with Crippen molar-refractivity contribution in [2.24, 2.45) is 0 Å². The minimum absolute atomic E-state index is 0.0146. The molecule has 4 aromatic carbocycles. The maximum Gasteiger partial charge on any atom is 0.474 e. The highest BCUT2D eigenvalue weighted by Crippen LogP contribution is 2.68. The van der Waals surface area contributed by atoms with Crippen molar-refractivity contribution in [3.8, 4) is 23.0 Å². The summed E-state index contributed by atoms with van der Waals surface area (Å²) in [5.41, 5.74) is 6.07. The van der Waals surface area contributed by atoms with E-state index in [9.17, 15) is 4.89 Å². The van der Waals surface area contributed by atoms with Crippen LogP contribution in [0.25, 0.3) is 0 Å². The Morgan fingerprint density at radius 3 is 0.714 bits per heavy atom. The summed E-state index contributed by atoms with van der Waals surface area (Å²) in [6.45, 7) is 37.9. The number of phosphoric ester groups is 1. The Bertz CT molecular complexity index is 2150. The summed E-state index contributed by atoms with van der Waals surface area (Å²) in [4.78, 5) is 13.3. The number of ether oxygens (including phenoxy) is 6. The molecule has 0 saturated carbocycles. The first-order valence-corrected chi connectivity index (χ1v) is 27.1. The molecule has 70 heavy (non-hydrogen) atoms. The van der Waals surface area contributed by atoms with E-state index in [-0.39, 0.29) is 47.3 Å². The molecule has 2 heterocycles. The van der Waals surface area contributed by atoms with E-state index in [1.165, 1.54) is 0 Å². The van der Waals surface area contributed by atoms with Gasteiger partial charge in [-0.05, 0) is 176 Å². The Morgan fingerprint density at radius 1 is 0.400 bits per heavy atom. The molecule has 2 saturated heterocycles. The highest BCUT2D eigenvalue weighted by atomic mass is 31.2. The summed E-state index contributed by atoms with van der Waals surface area (Å²) in [6, 6.07) is 16.6. The van der Waals surface area contributed by atoms with Crippen LogP contribution in [0.3, 0.4) is 0 Å². The molecular weight excluding hydrogens is 900 g/mol. The fraction of sp³-hybridized carbons (Fsp3) is 0.593. The number of methoxy groups -OCH3 is 4. The van der Waals surface area contributed by atoms with Crippen LogP contribution in [-0.2, 0) is 34.3 Å².